The Morgan fingerprint density at radius 1 is 0.882 bits per heavy atom. The highest BCUT2D eigenvalue weighted by atomic mass is 31.2. The van der Waals surface area contributed by atoms with Crippen LogP contribution in [-0.2, 0) is 9.53 Å². The molecular weight excluding hydrogens is 439 g/mol. The number of esters is 1. The van der Waals surface area contributed by atoms with Crippen molar-refractivity contribution in [1.82, 2.24) is 0 Å². The first-order chi connectivity index (χ1) is 16.5. The van der Waals surface area contributed by atoms with E-state index in [1.807, 2.05) is 18.2 Å². The molecule has 190 valence electrons. The fraction of sp³-hybridized carbons (Fsp3) is 0.567. The molecule has 0 aromatic heterocycles. The first kappa shape index (κ1) is 30.2. The molecule has 0 atom stereocenters. The van der Waals surface area contributed by atoms with Crippen LogP contribution in [0.4, 0.5) is 0 Å². The number of hydrogen-bond donors (Lipinski definition) is 0. The van der Waals surface area contributed by atoms with Crippen molar-refractivity contribution in [2.24, 2.45) is 0 Å². The largest absolute Gasteiger partial charge is 0.873 e. The van der Waals surface area contributed by atoms with Crippen LogP contribution in [0.2, 0.25) is 0 Å². The highest BCUT2D eigenvalue weighted by Gasteiger charge is 2.40. The van der Waals surface area contributed by atoms with Crippen LogP contribution in [0.5, 0.6) is 0 Å². The first-order valence-corrected chi connectivity index (χ1v) is 15.7. The summed E-state index contributed by atoms with van der Waals surface area (Å²) in [5, 5.41) is 14.5. The Morgan fingerprint density at radius 3 is 2.00 bits per heavy atom. The molecule has 0 radical (unpaired) electrons. The van der Waals surface area contributed by atoms with E-state index in [9.17, 15) is 9.90 Å². The monoisotopic (exact) mass is 486 g/mol. The molecule has 0 spiro atoms. The summed E-state index contributed by atoms with van der Waals surface area (Å²) in [4.78, 5) is 11.4. The Kier molecular flexibility index (Phi) is 16.4. The van der Waals surface area contributed by atoms with Gasteiger partial charge in [-0.1, -0.05) is 82.5 Å². The molecule has 1 aromatic rings. The average Bonchev–Trinajstić information content (AvgIpc) is 2.85. The molecule has 0 amide bonds. The normalized spacial score (nSPS) is 12.9. The molecule has 1 rings (SSSR count). The van der Waals surface area contributed by atoms with Gasteiger partial charge < -0.3 is 9.84 Å². The zero-order chi connectivity index (χ0) is 25.1. The lowest BCUT2D eigenvalue weighted by atomic mass is 10.2. The molecule has 0 aliphatic heterocycles. The summed E-state index contributed by atoms with van der Waals surface area (Å²) in [7, 11) is -1.44. The predicted octanol–water partition coefficient (Wildman–Crippen LogP) is 7.98. The molecule has 3 nitrogen and oxygen atoms in total. The lowest BCUT2D eigenvalue weighted by Gasteiger charge is -2.31. The van der Waals surface area contributed by atoms with Gasteiger partial charge in [-0.05, 0) is 51.5 Å². The van der Waals surface area contributed by atoms with Crippen molar-refractivity contribution >= 4 is 18.5 Å². The molecule has 0 aliphatic rings. The van der Waals surface area contributed by atoms with E-state index >= 15 is 0 Å². The van der Waals surface area contributed by atoms with Crippen molar-refractivity contribution in [3.8, 4) is 0 Å². The number of ether oxygens (including phenoxy) is 1. The molecule has 0 aliphatic carbocycles. The number of benzene rings is 1. The van der Waals surface area contributed by atoms with Gasteiger partial charge in [0.25, 0.3) is 0 Å². The van der Waals surface area contributed by atoms with Crippen LogP contribution in [0.25, 0.3) is 5.31 Å². The summed E-state index contributed by atoms with van der Waals surface area (Å²) in [6, 6.07) is 10.6. The maximum Gasteiger partial charge on any atom is 0.330 e. The van der Waals surface area contributed by atoms with E-state index in [1.165, 1.54) is 74.0 Å². The second-order valence-electron chi connectivity index (χ2n) is 8.96. The van der Waals surface area contributed by atoms with Crippen LogP contribution in [0.15, 0.2) is 60.4 Å². The van der Waals surface area contributed by atoms with Crippen molar-refractivity contribution in [2.75, 3.05) is 25.1 Å². The van der Waals surface area contributed by atoms with E-state index in [0.717, 1.165) is 19.3 Å². The van der Waals surface area contributed by atoms with Gasteiger partial charge in [0.2, 0.25) is 0 Å². The first-order valence-electron chi connectivity index (χ1n) is 13.4. The standard InChI is InChI=1S/C30H47O3P/c1-5-9-23-34(24-10-6-2,25-11-7-3)29(27-19-15-14-16-20-27)26-28(31)21-17-12-13-18-22-30(32)33-8-4/h14-16,18-22,26H,5-13,17,23-25H2,1-4H3/b22-18+,28-21-,29-26-. The molecule has 34 heavy (non-hydrogen) atoms. The maximum absolute atomic E-state index is 13.1. The van der Waals surface area contributed by atoms with Gasteiger partial charge >= 0.3 is 5.97 Å². The number of unbranched alkanes of at least 4 members (excludes halogenated alkanes) is 5. The third-order valence-electron chi connectivity index (χ3n) is 6.14. The molecule has 0 fully saturated rings. The van der Waals surface area contributed by atoms with Gasteiger partial charge in [-0.3, -0.25) is 0 Å². The number of carbonyl (C=O) groups is 1. The highest BCUT2D eigenvalue weighted by molar-refractivity contribution is 7.85. The molecule has 1 aromatic carbocycles. The SMILES string of the molecule is CCCC[P+](CCCC)(CCCC)/C(=C\C([O-])=C\CCC/C=C/C(=O)OCC)c1ccccc1. The molecule has 0 unspecified atom stereocenters. The van der Waals surface area contributed by atoms with Crippen LogP contribution >= 0.6 is 7.26 Å². The molecular formula is C30H47O3P. The third kappa shape index (κ3) is 11.5. The number of hydrogen-bond acceptors (Lipinski definition) is 3. The van der Waals surface area contributed by atoms with Gasteiger partial charge in [-0.15, -0.1) is 5.76 Å². The third-order valence-corrected chi connectivity index (χ3v) is 11.1. The number of allylic oxidation sites excluding steroid dienone is 3. The summed E-state index contributed by atoms with van der Waals surface area (Å²) in [6.07, 6.45) is 20.5. The minimum atomic E-state index is -1.44. The smallest absolute Gasteiger partial charge is 0.330 e. The van der Waals surface area contributed by atoms with Gasteiger partial charge in [-0.2, -0.15) is 0 Å². The zero-order valence-electron chi connectivity index (χ0n) is 22.1. The van der Waals surface area contributed by atoms with Gasteiger partial charge in [0, 0.05) is 18.9 Å². The average molecular weight is 487 g/mol. The summed E-state index contributed by atoms with van der Waals surface area (Å²) in [6.45, 7) is 9.01. The van der Waals surface area contributed by atoms with Gasteiger partial charge in [0.05, 0.1) is 25.1 Å². The molecule has 0 N–H and O–H groups in total. The van der Waals surface area contributed by atoms with Gasteiger partial charge in [-0.25, -0.2) is 4.79 Å². The summed E-state index contributed by atoms with van der Waals surface area (Å²) < 4.78 is 4.90. The van der Waals surface area contributed by atoms with Crippen LogP contribution in [0, 0.1) is 0 Å². The van der Waals surface area contributed by atoms with Crippen LogP contribution in [0.3, 0.4) is 0 Å². The molecule has 0 saturated heterocycles. The minimum absolute atomic E-state index is 0.127. The van der Waals surface area contributed by atoms with Crippen LogP contribution in [0.1, 0.15) is 91.0 Å². The summed E-state index contributed by atoms with van der Waals surface area (Å²) in [5.41, 5.74) is 1.23. The fourth-order valence-electron chi connectivity index (χ4n) is 4.23. The summed E-state index contributed by atoms with van der Waals surface area (Å²) in [5.74, 6) is -0.174. The fourth-order valence-corrected chi connectivity index (χ4v) is 9.48. The second-order valence-corrected chi connectivity index (χ2v) is 13.1. The van der Waals surface area contributed by atoms with E-state index < -0.39 is 7.26 Å². The van der Waals surface area contributed by atoms with E-state index in [2.05, 4.69) is 51.1 Å². The Labute approximate surface area is 209 Å². The Hall–Kier alpha value is -1.86. The maximum atomic E-state index is 13.1. The van der Waals surface area contributed by atoms with Crippen LogP contribution < -0.4 is 5.11 Å². The molecule has 4 heteroatoms. The minimum Gasteiger partial charge on any atom is -0.873 e. The lowest BCUT2D eigenvalue weighted by Crippen LogP contribution is -2.12. The van der Waals surface area contributed by atoms with Crippen LogP contribution in [-0.4, -0.2) is 31.1 Å². The number of carbonyl (C=O) groups excluding carboxylic acids is 1. The predicted molar refractivity (Wildman–Crippen MR) is 148 cm³/mol. The summed E-state index contributed by atoms with van der Waals surface area (Å²) >= 11 is 0. The van der Waals surface area contributed by atoms with Crippen molar-refractivity contribution in [3.05, 3.63) is 66.0 Å². The van der Waals surface area contributed by atoms with Crippen molar-refractivity contribution in [3.63, 3.8) is 0 Å². The van der Waals surface area contributed by atoms with Gasteiger partial charge in [0.15, 0.2) is 0 Å². The van der Waals surface area contributed by atoms with E-state index in [4.69, 9.17) is 4.74 Å². The quantitative estimate of drug-likeness (QED) is 0.0528. The topological polar surface area (TPSA) is 49.4 Å². The van der Waals surface area contributed by atoms with Crippen molar-refractivity contribution in [1.29, 1.82) is 0 Å². The van der Waals surface area contributed by atoms with E-state index in [0.29, 0.717) is 6.61 Å². The van der Waals surface area contributed by atoms with Gasteiger partial charge in [0.1, 0.15) is 5.31 Å². The Morgan fingerprint density at radius 2 is 1.47 bits per heavy atom. The van der Waals surface area contributed by atoms with Crippen molar-refractivity contribution < 1.29 is 14.6 Å². The highest BCUT2D eigenvalue weighted by Crippen LogP contribution is 2.70. The Balaban J connectivity index is 3.16. The van der Waals surface area contributed by atoms with E-state index in [1.54, 1.807) is 6.92 Å². The van der Waals surface area contributed by atoms with E-state index in [-0.39, 0.29) is 11.7 Å². The Bertz CT molecular complexity index is 743. The molecule has 0 bridgehead atoms. The lowest BCUT2D eigenvalue weighted by molar-refractivity contribution is -0.295. The second kappa shape index (κ2) is 18.5. The number of rotatable bonds is 18. The van der Waals surface area contributed by atoms with Crippen molar-refractivity contribution in [2.45, 2.75) is 85.5 Å². The molecule has 0 saturated carbocycles. The zero-order valence-corrected chi connectivity index (χ0v) is 23.0. The molecule has 0 heterocycles.